The van der Waals surface area contributed by atoms with E-state index in [-0.39, 0.29) is 4.99 Å². The zero-order valence-electron chi connectivity index (χ0n) is 10.4. The van der Waals surface area contributed by atoms with Crippen LogP contribution >= 0.6 is 12.2 Å². The van der Waals surface area contributed by atoms with Crippen LogP contribution in [-0.2, 0) is 10.0 Å². The Bertz CT molecular complexity index is 502. The van der Waals surface area contributed by atoms with Crippen molar-refractivity contribution in [2.24, 2.45) is 5.73 Å². The van der Waals surface area contributed by atoms with Gasteiger partial charge < -0.3 is 5.73 Å². The molecule has 1 rings (SSSR count). The number of nitrogens with zero attached hydrogens (tertiary/aromatic N) is 2. The summed E-state index contributed by atoms with van der Waals surface area (Å²) < 4.78 is 26.3. The number of rotatable bonds is 6. The van der Waals surface area contributed by atoms with Crippen molar-refractivity contribution in [3.8, 4) is 0 Å². The number of nitrogens with two attached hydrogens (primary N) is 1. The highest BCUT2D eigenvalue weighted by Crippen LogP contribution is 2.21. The second kappa shape index (κ2) is 6.10. The fraction of sp³-hybridized carbons (Fsp3) is 0.455. The van der Waals surface area contributed by atoms with Gasteiger partial charge in [0, 0.05) is 18.9 Å². The molecule has 0 bridgehead atoms. The molecular weight excluding hydrogens is 270 g/mol. The van der Waals surface area contributed by atoms with E-state index in [1.807, 2.05) is 0 Å². The van der Waals surface area contributed by atoms with Gasteiger partial charge in [0.2, 0.25) is 10.0 Å². The van der Waals surface area contributed by atoms with Crippen molar-refractivity contribution in [2.75, 3.05) is 10.8 Å². The first-order chi connectivity index (χ1) is 8.45. The molecule has 5 nitrogen and oxygen atoms in total. The summed E-state index contributed by atoms with van der Waals surface area (Å²) >= 11 is 4.84. The summed E-state index contributed by atoms with van der Waals surface area (Å²) in [6.45, 7) is 3.84. The Kier molecular flexibility index (Phi) is 5.03. The minimum atomic E-state index is -3.58. The number of pyridine rings is 1. The summed E-state index contributed by atoms with van der Waals surface area (Å²) in [6, 6.07) is 3.29. The third-order valence-electron chi connectivity index (χ3n) is 2.59. The van der Waals surface area contributed by atoms with E-state index >= 15 is 0 Å². The number of sulfonamides is 1. The summed E-state index contributed by atoms with van der Waals surface area (Å²) in [6.07, 6.45) is 3.46. The van der Waals surface area contributed by atoms with Crippen molar-refractivity contribution < 1.29 is 8.42 Å². The lowest BCUT2D eigenvalue weighted by Crippen LogP contribution is -2.44. The molecule has 0 amide bonds. The number of anilines is 1. The maximum atomic E-state index is 12.5. The minimum Gasteiger partial charge on any atom is -0.392 e. The average molecular weight is 287 g/mol. The van der Waals surface area contributed by atoms with Crippen LogP contribution in [0.5, 0.6) is 0 Å². The van der Waals surface area contributed by atoms with E-state index in [2.05, 4.69) is 4.98 Å². The van der Waals surface area contributed by atoms with Crippen molar-refractivity contribution in [3.63, 3.8) is 0 Å². The van der Waals surface area contributed by atoms with Crippen LogP contribution in [0.1, 0.15) is 20.3 Å². The summed E-state index contributed by atoms with van der Waals surface area (Å²) in [5.74, 6) is 0. The molecule has 0 aliphatic rings. The first-order valence-electron chi connectivity index (χ1n) is 5.66. The standard InChI is InChI=1S/C11H17N3O2S2/c1-3-10(11(12)17)18(15,16)14(4-2)9-5-7-13-8-6-9/h5-8,10H,3-4H2,1-2H3,(H2,12,17). The fourth-order valence-electron chi connectivity index (χ4n) is 1.73. The molecule has 0 saturated heterocycles. The zero-order chi connectivity index (χ0) is 13.8. The zero-order valence-corrected chi connectivity index (χ0v) is 12.0. The normalized spacial score (nSPS) is 13.0. The first kappa shape index (κ1) is 14.8. The summed E-state index contributed by atoms with van der Waals surface area (Å²) in [7, 11) is -3.58. The third kappa shape index (κ3) is 2.97. The van der Waals surface area contributed by atoms with Crippen LogP contribution in [0.4, 0.5) is 5.69 Å². The highest BCUT2D eigenvalue weighted by molar-refractivity contribution is 7.95. The second-order valence-corrected chi connectivity index (χ2v) is 6.23. The quantitative estimate of drug-likeness (QED) is 0.798. The Morgan fingerprint density at radius 1 is 1.44 bits per heavy atom. The molecular formula is C11H17N3O2S2. The first-order valence-corrected chi connectivity index (χ1v) is 7.57. The van der Waals surface area contributed by atoms with Crippen LogP contribution in [0.15, 0.2) is 24.5 Å². The van der Waals surface area contributed by atoms with Gasteiger partial charge in [0.25, 0.3) is 0 Å². The summed E-state index contributed by atoms with van der Waals surface area (Å²) in [5, 5.41) is -0.833. The Labute approximate surface area is 113 Å². The van der Waals surface area contributed by atoms with E-state index in [0.717, 1.165) is 0 Å². The molecule has 0 spiro atoms. The number of thiocarbonyl (C=S) groups is 1. The maximum Gasteiger partial charge on any atom is 0.244 e. The molecule has 0 radical (unpaired) electrons. The van der Waals surface area contributed by atoms with Crippen LogP contribution < -0.4 is 10.0 Å². The lowest BCUT2D eigenvalue weighted by atomic mass is 10.3. The lowest BCUT2D eigenvalue weighted by Gasteiger charge is -2.27. The molecule has 1 heterocycles. The second-order valence-electron chi connectivity index (χ2n) is 3.71. The van der Waals surface area contributed by atoms with Crippen LogP contribution in [0.2, 0.25) is 0 Å². The van der Waals surface area contributed by atoms with Crippen molar-refractivity contribution in [1.82, 2.24) is 4.98 Å². The van der Waals surface area contributed by atoms with Gasteiger partial charge in [0.1, 0.15) is 5.25 Å². The molecule has 100 valence electrons. The lowest BCUT2D eigenvalue weighted by molar-refractivity contribution is 0.585. The molecule has 1 atom stereocenters. The average Bonchev–Trinajstić information content (AvgIpc) is 2.30. The van der Waals surface area contributed by atoms with Gasteiger partial charge in [0.15, 0.2) is 0 Å². The number of hydrogen-bond donors (Lipinski definition) is 1. The topological polar surface area (TPSA) is 76.3 Å². The van der Waals surface area contributed by atoms with Gasteiger partial charge >= 0.3 is 0 Å². The van der Waals surface area contributed by atoms with Crippen molar-refractivity contribution in [1.29, 1.82) is 0 Å². The molecule has 7 heteroatoms. The molecule has 1 aromatic heterocycles. The van der Waals surface area contributed by atoms with Gasteiger partial charge in [0.05, 0.1) is 10.7 Å². The highest BCUT2D eigenvalue weighted by Gasteiger charge is 2.32. The summed E-state index contributed by atoms with van der Waals surface area (Å²) in [5.41, 5.74) is 6.09. The highest BCUT2D eigenvalue weighted by atomic mass is 32.2. The van der Waals surface area contributed by atoms with Crippen LogP contribution in [0.3, 0.4) is 0 Å². The Hall–Kier alpha value is -1.21. The van der Waals surface area contributed by atoms with Crippen LogP contribution in [0, 0.1) is 0 Å². The van der Waals surface area contributed by atoms with Gasteiger partial charge in [-0.2, -0.15) is 0 Å². The SMILES string of the molecule is CCC(C(N)=S)S(=O)(=O)N(CC)c1ccncc1. The van der Waals surface area contributed by atoms with E-state index in [1.54, 1.807) is 38.4 Å². The van der Waals surface area contributed by atoms with E-state index < -0.39 is 15.3 Å². The van der Waals surface area contributed by atoms with Gasteiger partial charge in [-0.25, -0.2) is 8.42 Å². The van der Waals surface area contributed by atoms with Crippen molar-refractivity contribution in [2.45, 2.75) is 25.5 Å². The molecule has 0 saturated carbocycles. The monoisotopic (exact) mass is 287 g/mol. The number of hydrogen-bond acceptors (Lipinski definition) is 4. The number of aromatic nitrogens is 1. The van der Waals surface area contributed by atoms with E-state index in [1.165, 1.54) is 4.31 Å². The molecule has 1 aromatic rings. The predicted octanol–water partition coefficient (Wildman–Crippen LogP) is 1.30. The Balaban J connectivity index is 3.20. The molecule has 18 heavy (non-hydrogen) atoms. The summed E-state index contributed by atoms with van der Waals surface area (Å²) in [4.78, 5) is 3.88. The van der Waals surface area contributed by atoms with Gasteiger partial charge in [-0.3, -0.25) is 9.29 Å². The Morgan fingerprint density at radius 2 is 2.00 bits per heavy atom. The van der Waals surface area contributed by atoms with Gasteiger partial charge in [-0.1, -0.05) is 19.1 Å². The van der Waals surface area contributed by atoms with Gasteiger partial charge in [-0.05, 0) is 25.5 Å². The van der Waals surface area contributed by atoms with Gasteiger partial charge in [-0.15, -0.1) is 0 Å². The molecule has 0 aliphatic heterocycles. The fourth-order valence-corrected chi connectivity index (χ4v) is 4.06. The molecule has 0 fully saturated rings. The minimum absolute atomic E-state index is 0.00464. The molecule has 0 aliphatic carbocycles. The van der Waals surface area contributed by atoms with E-state index in [4.69, 9.17) is 18.0 Å². The van der Waals surface area contributed by atoms with Crippen LogP contribution in [0.25, 0.3) is 0 Å². The third-order valence-corrected chi connectivity index (χ3v) is 5.42. The molecule has 1 unspecified atom stereocenters. The van der Waals surface area contributed by atoms with Crippen LogP contribution in [-0.4, -0.2) is 30.2 Å². The van der Waals surface area contributed by atoms with E-state index in [9.17, 15) is 8.42 Å². The molecule has 2 N–H and O–H groups in total. The predicted molar refractivity (Wildman–Crippen MR) is 77.0 cm³/mol. The smallest absolute Gasteiger partial charge is 0.244 e. The Morgan fingerprint density at radius 3 is 2.39 bits per heavy atom. The van der Waals surface area contributed by atoms with Crippen molar-refractivity contribution in [3.05, 3.63) is 24.5 Å². The van der Waals surface area contributed by atoms with Crippen molar-refractivity contribution >= 4 is 32.9 Å². The van der Waals surface area contributed by atoms with E-state index in [0.29, 0.717) is 18.7 Å². The molecule has 0 aromatic carbocycles. The maximum absolute atomic E-state index is 12.5. The largest absolute Gasteiger partial charge is 0.392 e.